The van der Waals surface area contributed by atoms with Gasteiger partial charge in [0, 0.05) is 24.2 Å². The fourth-order valence-electron chi connectivity index (χ4n) is 4.63. The van der Waals surface area contributed by atoms with Gasteiger partial charge in [0.1, 0.15) is 36.7 Å². The smallest absolute Gasteiger partial charge is 0.379 e. The monoisotopic (exact) mass is 624 g/mol. The van der Waals surface area contributed by atoms with E-state index in [1.165, 1.54) is 23.6 Å². The van der Waals surface area contributed by atoms with Crippen molar-refractivity contribution in [2.24, 2.45) is 0 Å². The zero-order valence-corrected chi connectivity index (χ0v) is 23.2. The molecule has 16 heteroatoms. The van der Waals surface area contributed by atoms with E-state index in [1.54, 1.807) is 13.1 Å². The van der Waals surface area contributed by atoms with Crippen molar-refractivity contribution < 1.29 is 37.4 Å². The average molecular weight is 625 g/mol. The molecule has 39 heavy (non-hydrogen) atoms. The third kappa shape index (κ3) is 4.46. The van der Waals surface area contributed by atoms with Crippen LogP contribution < -0.4 is 10.3 Å². The molecule has 5 atom stereocenters. The molecule has 1 saturated heterocycles. The zero-order chi connectivity index (χ0) is 28.2. The molecule has 206 valence electrons. The van der Waals surface area contributed by atoms with Crippen molar-refractivity contribution >= 4 is 40.8 Å². The highest BCUT2D eigenvalue weighted by Gasteiger charge is 2.69. The van der Waals surface area contributed by atoms with Gasteiger partial charge in [-0.1, -0.05) is 0 Å². The lowest BCUT2D eigenvalue weighted by atomic mass is 9.93. The summed E-state index contributed by atoms with van der Waals surface area (Å²) >= 11 is 2.85. The molecule has 0 radical (unpaired) electrons. The van der Waals surface area contributed by atoms with Gasteiger partial charge >= 0.3 is 13.6 Å². The molecule has 0 spiro atoms. The number of aryl methyl sites for hydroxylation is 1. The number of nitriles is 1. The van der Waals surface area contributed by atoms with Crippen LogP contribution in [0.3, 0.4) is 0 Å². The number of esters is 1. The molecule has 0 aliphatic carbocycles. The van der Waals surface area contributed by atoms with Crippen molar-refractivity contribution in [3.8, 4) is 11.8 Å². The summed E-state index contributed by atoms with van der Waals surface area (Å²) in [6.07, 6.45) is -0.422. The third-order valence-corrected chi connectivity index (χ3v) is 9.46. The Hall–Kier alpha value is -3.15. The summed E-state index contributed by atoms with van der Waals surface area (Å²) in [5, 5.41) is 25.0. The van der Waals surface area contributed by atoms with Crippen molar-refractivity contribution in [3.63, 3.8) is 0 Å². The first kappa shape index (κ1) is 27.4. The number of aliphatic hydroxyl groups is 1. The normalized spacial score (nSPS) is 29.9. The largest absolute Gasteiger partial charge is 0.461 e. The standard InChI is InChI=1S/C23H23BrFN6O7P/c1-12-19-15(14(7-28-12)8-35-13(2)32)5-6-39(34,38-19)36-9-17-20(33)23(24,25)22(10-26,37-17)18-4-3-16-21(27)29-11-30-31(16)18/h3-4,7,11,17,20,33H,5-6,8-9H2,1-2H3,(H2,27,29,30)/t17-,20+,22+,23?,39?/m1/s1. The van der Waals surface area contributed by atoms with Gasteiger partial charge in [0.05, 0.1) is 24.2 Å². The first-order valence-electron chi connectivity index (χ1n) is 11.7. The summed E-state index contributed by atoms with van der Waals surface area (Å²) in [4.78, 5) is 19.3. The van der Waals surface area contributed by atoms with Crippen LogP contribution in [0.2, 0.25) is 0 Å². The Kier molecular flexibility index (Phi) is 6.89. The number of nitrogens with zero attached hydrogens (tertiary/aromatic N) is 5. The maximum atomic E-state index is 16.1. The maximum absolute atomic E-state index is 16.1. The molecule has 1 fully saturated rings. The highest BCUT2D eigenvalue weighted by Crippen LogP contribution is 2.57. The van der Waals surface area contributed by atoms with Crippen LogP contribution in [0.15, 0.2) is 24.7 Å². The fourth-order valence-corrected chi connectivity index (χ4v) is 6.98. The van der Waals surface area contributed by atoms with Crippen molar-refractivity contribution in [1.29, 1.82) is 5.26 Å². The second-order valence-electron chi connectivity index (χ2n) is 9.11. The van der Waals surface area contributed by atoms with Crippen LogP contribution >= 0.6 is 23.5 Å². The van der Waals surface area contributed by atoms with Crippen LogP contribution in [0, 0.1) is 18.3 Å². The van der Waals surface area contributed by atoms with Crippen LogP contribution in [0.1, 0.15) is 29.4 Å². The van der Waals surface area contributed by atoms with Gasteiger partial charge in [0.25, 0.3) is 0 Å². The number of carbonyl (C=O) groups excluding carboxylic acids is 1. The lowest BCUT2D eigenvalue weighted by molar-refractivity contribution is -0.142. The molecule has 2 unspecified atom stereocenters. The molecule has 3 aromatic heterocycles. The SMILES string of the molecule is CC(=O)OCc1cnc(C)c2c1CCP(=O)(OC[C@H]1O[C@@](C#N)(c3ccc4c(N)ncnn34)C(F)(Br)[C@H]1O)O2. The molecule has 5 heterocycles. The minimum atomic E-state index is -3.81. The number of aromatic nitrogens is 4. The average Bonchev–Trinajstić information content (AvgIpc) is 3.41. The van der Waals surface area contributed by atoms with E-state index in [9.17, 15) is 19.7 Å². The molecular formula is C23H23BrFN6O7P. The van der Waals surface area contributed by atoms with E-state index in [4.69, 9.17) is 24.3 Å². The molecule has 0 saturated carbocycles. The van der Waals surface area contributed by atoms with Crippen LogP contribution in [0.5, 0.6) is 5.75 Å². The van der Waals surface area contributed by atoms with E-state index in [0.29, 0.717) is 22.3 Å². The predicted octanol–water partition coefficient (Wildman–Crippen LogP) is 2.46. The van der Waals surface area contributed by atoms with E-state index in [-0.39, 0.29) is 36.5 Å². The quantitative estimate of drug-likeness (QED) is 0.232. The molecule has 0 aromatic carbocycles. The highest BCUT2D eigenvalue weighted by atomic mass is 79.9. The van der Waals surface area contributed by atoms with E-state index in [0.717, 1.165) is 6.33 Å². The van der Waals surface area contributed by atoms with E-state index in [2.05, 4.69) is 31.0 Å². The number of fused-ring (bicyclic) bond motifs is 2. The van der Waals surface area contributed by atoms with E-state index in [1.807, 2.05) is 6.07 Å². The first-order chi connectivity index (χ1) is 18.4. The number of halogens is 2. The van der Waals surface area contributed by atoms with Gasteiger partial charge in [-0.15, -0.1) is 0 Å². The van der Waals surface area contributed by atoms with Gasteiger partial charge in [-0.25, -0.2) is 18.5 Å². The number of pyridine rings is 1. The van der Waals surface area contributed by atoms with Gasteiger partial charge in [0.2, 0.25) is 10.2 Å². The van der Waals surface area contributed by atoms with Crippen LogP contribution in [-0.2, 0) is 42.0 Å². The van der Waals surface area contributed by atoms with Crippen LogP contribution in [0.4, 0.5) is 10.2 Å². The number of anilines is 1. The lowest BCUT2D eigenvalue weighted by Crippen LogP contribution is -2.46. The second-order valence-corrected chi connectivity index (χ2v) is 12.4. The Morgan fingerprint density at radius 2 is 2.23 bits per heavy atom. The molecule has 5 rings (SSSR count). The molecule has 3 aromatic rings. The Labute approximate surface area is 229 Å². The third-order valence-electron chi connectivity index (χ3n) is 6.66. The van der Waals surface area contributed by atoms with Crippen molar-refractivity contribution in [3.05, 3.63) is 47.2 Å². The van der Waals surface area contributed by atoms with Crippen LogP contribution in [0.25, 0.3) is 5.52 Å². The number of nitrogen functional groups attached to an aromatic ring is 1. The number of hydrogen-bond acceptors (Lipinski definition) is 12. The summed E-state index contributed by atoms with van der Waals surface area (Å²) in [6.45, 7) is 2.37. The van der Waals surface area contributed by atoms with Gasteiger partial charge < -0.3 is 24.8 Å². The first-order valence-corrected chi connectivity index (χ1v) is 14.2. The van der Waals surface area contributed by atoms with Gasteiger partial charge in [-0.05, 0) is 41.4 Å². The zero-order valence-electron chi connectivity index (χ0n) is 20.7. The summed E-state index contributed by atoms with van der Waals surface area (Å²) in [5.74, 6) is -0.125. The molecule has 13 nitrogen and oxygen atoms in total. The Bertz CT molecular complexity index is 1560. The fraction of sp³-hybridized carbons (Fsp3) is 0.435. The Balaban J connectivity index is 1.38. The van der Waals surface area contributed by atoms with Crippen LogP contribution in [-0.4, -0.2) is 60.2 Å². The van der Waals surface area contributed by atoms with Gasteiger partial charge in [-0.2, -0.15) is 10.4 Å². The topological polar surface area (TPSA) is 184 Å². The molecule has 3 N–H and O–H groups in total. The predicted molar refractivity (Wildman–Crippen MR) is 136 cm³/mol. The van der Waals surface area contributed by atoms with Crippen molar-refractivity contribution in [2.45, 2.75) is 49.3 Å². The Morgan fingerprint density at radius 1 is 1.46 bits per heavy atom. The molecular weight excluding hydrogens is 602 g/mol. The number of ether oxygens (including phenoxy) is 2. The van der Waals surface area contributed by atoms with Crippen molar-refractivity contribution in [2.75, 3.05) is 18.5 Å². The molecule has 0 bridgehead atoms. The number of nitrogens with two attached hydrogens (primary N) is 1. The van der Waals surface area contributed by atoms with E-state index >= 15 is 4.39 Å². The van der Waals surface area contributed by atoms with Gasteiger partial charge in [0.15, 0.2) is 11.6 Å². The summed E-state index contributed by atoms with van der Waals surface area (Å²) in [7, 11) is -3.81. The molecule has 0 amide bonds. The summed E-state index contributed by atoms with van der Waals surface area (Å²) in [6, 6.07) is 4.69. The second kappa shape index (κ2) is 9.79. The lowest BCUT2D eigenvalue weighted by Gasteiger charge is -2.29. The van der Waals surface area contributed by atoms with Crippen molar-refractivity contribution in [1.82, 2.24) is 19.6 Å². The molecule has 2 aliphatic rings. The van der Waals surface area contributed by atoms with E-state index < -0.39 is 42.6 Å². The number of rotatable bonds is 6. The number of aliphatic hydroxyl groups excluding tert-OH is 1. The number of carbonyl (C=O) groups is 1. The van der Waals surface area contributed by atoms with Gasteiger partial charge in [-0.3, -0.25) is 14.3 Å². The minimum Gasteiger partial charge on any atom is -0.461 e. The number of alkyl halides is 2. The highest BCUT2D eigenvalue weighted by molar-refractivity contribution is 9.10. The minimum absolute atomic E-state index is 0.0212. The number of hydrogen-bond donors (Lipinski definition) is 2. The summed E-state index contributed by atoms with van der Waals surface area (Å²) in [5.41, 5.74) is 5.48. The molecule has 2 aliphatic heterocycles. The summed E-state index contributed by atoms with van der Waals surface area (Å²) < 4.78 is 50.2. The Morgan fingerprint density at radius 3 is 2.95 bits per heavy atom. The maximum Gasteiger partial charge on any atom is 0.379 e.